The SMILES string of the molecule is FC1CNCC12CCO2. The van der Waals surface area contributed by atoms with E-state index in [1.54, 1.807) is 0 Å². The lowest BCUT2D eigenvalue weighted by molar-refractivity contribution is -0.162. The van der Waals surface area contributed by atoms with Crippen molar-refractivity contribution in [2.24, 2.45) is 0 Å². The molecule has 2 heterocycles. The van der Waals surface area contributed by atoms with E-state index < -0.39 is 11.8 Å². The van der Waals surface area contributed by atoms with Gasteiger partial charge in [0.15, 0.2) is 0 Å². The number of hydrogen-bond donors (Lipinski definition) is 1. The molecule has 2 atom stereocenters. The molecule has 2 nitrogen and oxygen atoms in total. The molecule has 1 spiro atoms. The summed E-state index contributed by atoms with van der Waals surface area (Å²) in [6, 6.07) is 0. The van der Waals surface area contributed by atoms with E-state index >= 15 is 0 Å². The minimum absolute atomic E-state index is 0.403. The molecule has 0 radical (unpaired) electrons. The van der Waals surface area contributed by atoms with Crippen molar-refractivity contribution in [3.05, 3.63) is 0 Å². The van der Waals surface area contributed by atoms with Gasteiger partial charge in [0.2, 0.25) is 0 Å². The Morgan fingerprint density at radius 2 is 2.44 bits per heavy atom. The molecular weight excluding hydrogens is 121 g/mol. The van der Waals surface area contributed by atoms with Gasteiger partial charge in [-0.1, -0.05) is 0 Å². The van der Waals surface area contributed by atoms with Crippen LogP contribution in [0.4, 0.5) is 4.39 Å². The summed E-state index contributed by atoms with van der Waals surface area (Å²) in [6.07, 6.45) is 0.118. The molecule has 0 amide bonds. The minimum Gasteiger partial charge on any atom is -0.370 e. The molecule has 2 rings (SSSR count). The van der Waals surface area contributed by atoms with Gasteiger partial charge in [0.05, 0.1) is 6.61 Å². The third-order valence-corrected chi connectivity index (χ3v) is 2.23. The average Bonchev–Trinajstić information content (AvgIpc) is 2.07. The Balaban J connectivity index is 2.09. The number of alkyl halides is 1. The molecule has 0 aliphatic carbocycles. The van der Waals surface area contributed by atoms with Gasteiger partial charge in [-0.25, -0.2) is 4.39 Å². The Bertz CT molecular complexity index is 124. The van der Waals surface area contributed by atoms with Crippen molar-refractivity contribution in [1.29, 1.82) is 0 Å². The van der Waals surface area contributed by atoms with Crippen molar-refractivity contribution in [2.75, 3.05) is 19.7 Å². The Morgan fingerprint density at radius 3 is 2.67 bits per heavy atom. The molecule has 2 aliphatic rings. The lowest BCUT2D eigenvalue weighted by atomic mass is 9.93. The topological polar surface area (TPSA) is 21.3 Å². The number of hydrogen-bond acceptors (Lipinski definition) is 2. The standard InChI is InChI=1S/C6H10FNO/c7-5-3-8-4-6(5)1-2-9-6/h5,8H,1-4H2. The Kier molecular flexibility index (Phi) is 1.04. The first kappa shape index (κ1) is 5.62. The molecule has 2 aliphatic heterocycles. The highest BCUT2D eigenvalue weighted by molar-refractivity contribution is 5.02. The first-order valence-electron chi connectivity index (χ1n) is 3.32. The van der Waals surface area contributed by atoms with E-state index in [1.807, 2.05) is 0 Å². The van der Waals surface area contributed by atoms with Gasteiger partial charge in [-0.15, -0.1) is 0 Å². The maximum atomic E-state index is 12.8. The second-order valence-electron chi connectivity index (χ2n) is 2.76. The summed E-state index contributed by atoms with van der Waals surface area (Å²) >= 11 is 0. The molecular formula is C6H10FNO. The molecule has 2 unspecified atom stereocenters. The minimum atomic E-state index is -0.772. The lowest BCUT2D eigenvalue weighted by Crippen LogP contribution is -2.51. The van der Waals surface area contributed by atoms with Crippen LogP contribution in [0.25, 0.3) is 0 Å². The Morgan fingerprint density at radius 1 is 1.67 bits per heavy atom. The van der Waals surface area contributed by atoms with E-state index in [0.717, 1.165) is 13.0 Å². The van der Waals surface area contributed by atoms with Gasteiger partial charge in [0.25, 0.3) is 0 Å². The first-order valence-corrected chi connectivity index (χ1v) is 3.32. The van der Waals surface area contributed by atoms with Gasteiger partial charge >= 0.3 is 0 Å². The van der Waals surface area contributed by atoms with Gasteiger partial charge in [-0.3, -0.25) is 0 Å². The maximum absolute atomic E-state index is 12.8. The van der Waals surface area contributed by atoms with Gasteiger partial charge < -0.3 is 10.1 Å². The average molecular weight is 131 g/mol. The summed E-state index contributed by atoms with van der Waals surface area (Å²) in [5, 5.41) is 2.96. The monoisotopic (exact) mass is 131 g/mol. The molecule has 2 fully saturated rings. The predicted molar refractivity (Wildman–Crippen MR) is 31.1 cm³/mol. The van der Waals surface area contributed by atoms with Crippen molar-refractivity contribution >= 4 is 0 Å². The lowest BCUT2D eigenvalue weighted by Gasteiger charge is -2.39. The Labute approximate surface area is 53.4 Å². The number of nitrogens with one attached hydrogen (secondary N) is 1. The van der Waals surface area contributed by atoms with Crippen molar-refractivity contribution in [3.63, 3.8) is 0 Å². The van der Waals surface area contributed by atoms with E-state index in [1.165, 1.54) is 0 Å². The largest absolute Gasteiger partial charge is 0.370 e. The van der Waals surface area contributed by atoms with Crippen LogP contribution in [0.3, 0.4) is 0 Å². The fraction of sp³-hybridized carbons (Fsp3) is 1.00. The summed E-state index contributed by atoms with van der Waals surface area (Å²) in [5.41, 5.74) is -0.403. The van der Waals surface area contributed by atoms with Crippen molar-refractivity contribution < 1.29 is 9.13 Å². The molecule has 3 heteroatoms. The molecule has 0 bridgehead atoms. The quantitative estimate of drug-likeness (QED) is 0.503. The van der Waals surface area contributed by atoms with Gasteiger partial charge in [0.1, 0.15) is 11.8 Å². The summed E-state index contributed by atoms with van der Waals surface area (Å²) in [7, 11) is 0. The zero-order chi connectivity index (χ0) is 6.32. The van der Waals surface area contributed by atoms with Crippen LogP contribution < -0.4 is 5.32 Å². The smallest absolute Gasteiger partial charge is 0.143 e. The second-order valence-corrected chi connectivity index (χ2v) is 2.76. The van der Waals surface area contributed by atoms with E-state index in [4.69, 9.17) is 4.74 Å². The third kappa shape index (κ3) is 0.618. The van der Waals surface area contributed by atoms with Crippen LogP contribution in [0, 0.1) is 0 Å². The first-order chi connectivity index (χ1) is 4.33. The molecule has 0 aromatic heterocycles. The van der Waals surface area contributed by atoms with Gasteiger partial charge in [0, 0.05) is 19.5 Å². The fourth-order valence-electron chi connectivity index (χ4n) is 1.46. The summed E-state index contributed by atoms with van der Waals surface area (Å²) < 4.78 is 18.0. The van der Waals surface area contributed by atoms with Crippen molar-refractivity contribution in [3.8, 4) is 0 Å². The molecule has 2 saturated heterocycles. The molecule has 9 heavy (non-hydrogen) atoms. The highest BCUT2D eigenvalue weighted by Gasteiger charge is 2.49. The zero-order valence-corrected chi connectivity index (χ0v) is 5.19. The summed E-state index contributed by atoms with van der Waals surface area (Å²) in [6.45, 7) is 1.91. The van der Waals surface area contributed by atoms with Gasteiger partial charge in [-0.05, 0) is 0 Å². The number of rotatable bonds is 0. The molecule has 1 N–H and O–H groups in total. The Hall–Kier alpha value is -0.150. The highest BCUT2D eigenvalue weighted by Crippen LogP contribution is 2.34. The molecule has 0 aromatic rings. The van der Waals surface area contributed by atoms with Crippen LogP contribution in [0.15, 0.2) is 0 Å². The van der Waals surface area contributed by atoms with Crippen LogP contribution in [-0.2, 0) is 4.74 Å². The molecule has 0 aromatic carbocycles. The number of halogens is 1. The molecule has 52 valence electrons. The van der Waals surface area contributed by atoms with E-state index in [-0.39, 0.29) is 0 Å². The van der Waals surface area contributed by atoms with Crippen LogP contribution >= 0.6 is 0 Å². The van der Waals surface area contributed by atoms with Crippen LogP contribution in [0.5, 0.6) is 0 Å². The van der Waals surface area contributed by atoms with Gasteiger partial charge in [-0.2, -0.15) is 0 Å². The third-order valence-electron chi connectivity index (χ3n) is 2.23. The summed E-state index contributed by atoms with van der Waals surface area (Å²) in [5.74, 6) is 0. The zero-order valence-electron chi connectivity index (χ0n) is 5.19. The van der Waals surface area contributed by atoms with Crippen molar-refractivity contribution in [1.82, 2.24) is 5.32 Å². The predicted octanol–water partition coefficient (Wildman–Crippen LogP) is 0.0868. The van der Waals surface area contributed by atoms with E-state index in [0.29, 0.717) is 13.1 Å². The molecule has 0 saturated carbocycles. The van der Waals surface area contributed by atoms with Crippen LogP contribution in [0.2, 0.25) is 0 Å². The normalized spacial score (nSPS) is 49.7. The maximum Gasteiger partial charge on any atom is 0.143 e. The van der Waals surface area contributed by atoms with Crippen LogP contribution in [-0.4, -0.2) is 31.5 Å². The summed E-state index contributed by atoms with van der Waals surface area (Å²) in [4.78, 5) is 0. The van der Waals surface area contributed by atoms with Crippen LogP contribution in [0.1, 0.15) is 6.42 Å². The second kappa shape index (κ2) is 1.67. The van der Waals surface area contributed by atoms with E-state index in [2.05, 4.69) is 5.32 Å². The highest BCUT2D eigenvalue weighted by atomic mass is 19.1. The van der Waals surface area contributed by atoms with E-state index in [9.17, 15) is 4.39 Å². The fourth-order valence-corrected chi connectivity index (χ4v) is 1.46. The van der Waals surface area contributed by atoms with Crippen molar-refractivity contribution in [2.45, 2.75) is 18.2 Å². The number of ether oxygens (including phenoxy) is 1.